The zero-order chi connectivity index (χ0) is 24.4. The predicted octanol–water partition coefficient (Wildman–Crippen LogP) is 4.83. The third kappa shape index (κ3) is 3.61. The van der Waals surface area contributed by atoms with Gasteiger partial charge in [-0.1, -0.05) is 18.7 Å². The van der Waals surface area contributed by atoms with E-state index in [1.165, 1.54) is 0 Å². The molecule has 176 valence electrons. The molecule has 34 heavy (non-hydrogen) atoms. The fourth-order valence-electron chi connectivity index (χ4n) is 4.97. The molecule has 2 aliphatic heterocycles. The van der Waals surface area contributed by atoms with Crippen molar-refractivity contribution in [2.45, 2.75) is 45.4 Å². The Balaban J connectivity index is 1.55. The van der Waals surface area contributed by atoms with Crippen LogP contribution in [-0.4, -0.2) is 50.7 Å². The van der Waals surface area contributed by atoms with Crippen LogP contribution in [0, 0.1) is 0 Å². The molecule has 1 unspecified atom stereocenters. The number of carbonyl (C=O) groups is 2. The number of urea groups is 1. The van der Waals surface area contributed by atoms with Gasteiger partial charge in [-0.15, -0.1) is 0 Å². The van der Waals surface area contributed by atoms with Gasteiger partial charge in [-0.25, -0.2) is 9.59 Å². The Hall–Kier alpha value is -3.74. The molecular formula is C27H29N3O4. The smallest absolute Gasteiger partial charge is 0.338 e. The van der Waals surface area contributed by atoms with E-state index in [4.69, 9.17) is 4.74 Å². The molecule has 2 amide bonds. The molecule has 7 heteroatoms. The number of carbonyl (C=O) groups excluding carboxylic acids is 2. The lowest BCUT2D eigenvalue weighted by Gasteiger charge is -2.44. The Morgan fingerprint density at radius 2 is 1.88 bits per heavy atom. The lowest BCUT2D eigenvalue weighted by Crippen LogP contribution is -2.51. The fraction of sp³-hybridized carbons (Fsp3) is 0.333. The number of hydrogen-bond donors (Lipinski definition) is 1. The van der Waals surface area contributed by atoms with Crippen LogP contribution in [0.4, 0.5) is 4.79 Å². The normalized spacial score (nSPS) is 17.8. The summed E-state index contributed by atoms with van der Waals surface area (Å²) < 4.78 is 7.67. The van der Waals surface area contributed by atoms with E-state index in [9.17, 15) is 14.7 Å². The summed E-state index contributed by atoms with van der Waals surface area (Å²) in [4.78, 5) is 28.7. The summed E-state index contributed by atoms with van der Waals surface area (Å²) in [6.07, 6.45) is 0. The van der Waals surface area contributed by atoms with Crippen molar-refractivity contribution >= 4 is 22.9 Å². The molecule has 0 saturated carbocycles. The first kappa shape index (κ1) is 22.1. The largest absolute Gasteiger partial charge is 0.508 e. The van der Waals surface area contributed by atoms with Gasteiger partial charge in [0.1, 0.15) is 11.4 Å². The molecule has 0 radical (unpaired) electrons. The van der Waals surface area contributed by atoms with Crippen LogP contribution in [0.5, 0.6) is 5.75 Å². The molecule has 0 spiro atoms. The number of rotatable bonds is 3. The number of hydrogen-bond acceptors (Lipinski definition) is 4. The molecule has 1 saturated heterocycles. The number of aromatic nitrogens is 1. The zero-order valence-electron chi connectivity index (χ0n) is 20.0. The molecule has 2 aromatic carbocycles. The van der Waals surface area contributed by atoms with Crippen LogP contribution in [0.25, 0.3) is 10.9 Å². The number of benzene rings is 2. The summed E-state index contributed by atoms with van der Waals surface area (Å²) >= 11 is 0. The average molecular weight is 460 g/mol. The van der Waals surface area contributed by atoms with Crippen molar-refractivity contribution in [3.8, 4) is 5.75 Å². The van der Waals surface area contributed by atoms with Gasteiger partial charge < -0.3 is 24.2 Å². The molecule has 1 fully saturated rings. The maximum absolute atomic E-state index is 12.8. The Bertz CT molecular complexity index is 1330. The van der Waals surface area contributed by atoms with Crippen LogP contribution in [0.1, 0.15) is 53.9 Å². The highest BCUT2D eigenvalue weighted by molar-refractivity contribution is 5.91. The molecule has 3 aromatic rings. The second-order valence-electron chi connectivity index (χ2n) is 10.1. The highest BCUT2D eigenvalue weighted by atomic mass is 16.6. The molecule has 5 rings (SSSR count). The van der Waals surface area contributed by atoms with Crippen LogP contribution in [-0.2, 0) is 17.8 Å². The zero-order valence-corrected chi connectivity index (χ0v) is 20.0. The van der Waals surface area contributed by atoms with E-state index in [-0.39, 0.29) is 23.7 Å². The van der Waals surface area contributed by atoms with Gasteiger partial charge in [0.05, 0.1) is 12.1 Å². The summed E-state index contributed by atoms with van der Waals surface area (Å²) in [7, 11) is 1.76. The van der Waals surface area contributed by atoms with Gasteiger partial charge in [0.2, 0.25) is 0 Å². The summed E-state index contributed by atoms with van der Waals surface area (Å²) in [6.45, 7) is 11.4. The number of aromatic hydroxyl groups is 1. The second kappa shape index (κ2) is 7.65. The minimum absolute atomic E-state index is 0.0217. The van der Waals surface area contributed by atoms with E-state index in [2.05, 4.69) is 11.1 Å². The molecule has 1 N–H and O–H groups in total. The van der Waals surface area contributed by atoms with Crippen molar-refractivity contribution in [3.05, 3.63) is 77.1 Å². The molecule has 2 aliphatic rings. The van der Waals surface area contributed by atoms with E-state index in [1.54, 1.807) is 36.2 Å². The van der Waals surface area contributed by atoms with Crippen molar-refractivity contribution in [3.63, 3.8) is 0 Å². The summed E-state index contributed by atoms with van der Waals surface area (Å²) in [5.74, 6) is -0.158. The number of esters is 1. The molecular weight excluding hydrogens is 430 g/mol. The van der Waals surface area contributed by atoms with E-state index >= 15 is 0 Å². The van der Waals surface area contributed by atoms with Gasteiger partial charge in [-0.3, -0.25) is 0 Å². The predicted molar refractivity (Wildman–Crippen MR) is 130 cm³/mol. The Labute approximate surface area is 198 Å². The maximum atomic E-state index is 12.8. The van der Waals surface area contributed by atoms with Crippen LogP contribution in [0.15, 0.2) is 54.7 Å². The van der Waals surface area contributed by atoms with Gasteiger partial charge in [0, 0.05) is 48.3 Å². The minimum Gasteiger partial charge on any atom is -0.508 e. The SMILES string of the molecule is C=C1C2CN(Cc3c2c2cc(O)ccc2n3Cc2ccc(C(=O)OC(C)(C)C)cc2)C(=O)N1C. The summed E-state index contributed by atoms with van der Waals surface area (Å²) in [5, 5.41) is 11.2. The molecule has 1 aromatic heterocycles. The molecule has 3 heterocycles. The van der Waals surface area contributed by atoms with E-state index in [1.807, 2.05) is 43.9 Å². The first-order valence-electron chi connectivity index (χ1n) is 11.4. The minimum atomic E-state index is -0.548. The maximum Gasteiger partial charge on any atom is 0.338 e. The van der Waals surface area contributed by atoms with Gasteiger partial charge in [-0.2, -0.15) is 0 Å². The highest BCUT2D eigenvalue weighted by Gasteiger charge is 2.41. The Morgan fingerprint density at radius 1 is 1.18 bits per heavy atom. The van der Waals surface area contributed by atoms with Crippen LogP contribution in [0.2, 0.25) is 0 Å². The number of fused-ring (bicyclic) bond motifs is 6. The van der Waals surface area contributed by atoms with Gasteiger partial charge in [0.25, 0.3) is 0 Å². The van der Waals surface area contributed by atoms with Gasteiger partial charge in [0.15, 0.2) is 0 Å². The number of nitrogens with zero attached hydrogens (tertiary/aromatic N) is 3. The summed E-state index contributed by atoms with van der Waals surface area (Å²) in [6, 6.07) is 12.8. The van der Waals surface area contributed by atoms with E-state index < -0.39 is 5.60 Å². The number of phenolic OH excluding ortho intramolecular Hbond substituents is 1. The third-order valence-electron chi connectivity index (χ3n) is 6.61. The third-order valence-corrected chi connectivity index (χ3v) is 6.61. The van der Waals surface area contributed by atoms with Crippen molar-refractivity contribution < 1.29 is 19.4 Å². The van der Waals surface area contributed by atoms with Gasteiger partial charge >= 0.3 is 12.0 Å². The lowest BCUT2D eigenvalue weighted by atomic mass is 9.87. The first-order valence-corrected chi connectivity index (χ1v) is 11.4. The highest BCUT2D eigenvalue weighted by Crippen LogP contribution is 2.44. The van der Waals surface area contributed by atoms with Crippen molar-refractivity contribution in [2.75, 3.05) is 13.6 Å². The van der Waals surface area contributed by atoms with E-state index in [0.29, 0.717) is 25.2 Å². The standard InChI is InChI=1S/C27H29N3O4/c1-16-21-14-29(26(33)28(16)5)15-23-24(21)20-12-19(31)10-11-22(20)30(23)13-17-6-8-18(9-7-17)25(32)34-27(2,3)4/h6-12,21,31H,1,13-15H2,2-5H3. The average Bonchev–Trinajstić information content (AvgIpc) is 3.08. The van der Waals surface area contributed by atoms with Crippen LogP contribution < -0.4 is 0 Å². The number of phenols is 1. The lowest BCUT2D eigenvalue weighted by molar-refractivity contribution is 0.00694. The quantitative estimate of drug-likeness (QED) is 0.570. The molecule has 0 aliphatic carbocycles. The number of ether oxygens (including phenoxy) is 1. The Morgan fingerprint density at radius 3 is 2.56 bits per heavy atom. The Kier molecular flexibility index (Phi) is 4.97. The topological polar surface area (TPSA) is 75.0 Å². The summed E-state index contributed by atoms with van der Waals surface area (Å²) in [5.41, 5.74) is 4.92. The molecule has 7 nitrogen and oxygen atoms in total. The molecule has 1 atom stereocenters. The monoisotopic (exact) mass is 459 g/mol. The molecule has 2 bridgehead atoms. The first-order chi connectivity index (χ1) is 16.0. The number of amides is 2. The van der Waals surface area contributed by atoms with Crippen molar-refractivity contribution in [2.24, 2.45) is 0 Å². The second-order valence-corrected chi connectivity index (χ2v) is 10.1. The van der Waals surface area contributed by atoms with Crippen LogP contribution in [0.3, 0.4) is 0 Å². The van der Waals surface area contributed by atoms with E-state index in [0.717, 1.165) is 33.4 Å². The number of likely N-dealkylation sites (N-methyl/N-ethyl adjacent to an activating group) is 1. The van der Waals surface area contributed by atoms with Crippen LogP contribution >= 0.6 is 0 Å². The van der Waals surface area contributed by atoms with Crippen molar-refractivity contribution in [1.82, 2.24) is 14.4 Å². The van der Waals surface area contributed by atoms with Crippen molar-refractivity contribution in [1.29, 1.82) is 0 Å². The van der Waals surface area contributed by atoms with Gasteiger partial charge in [-0.05, 0) is 62.2 Å². The fourth-order valence-corrected chi connectivity index (χ4v) is 4.97.